The molecule has 0 saturated heterocycles. The molecule has 0 saturated carbocycles. The molecule has 10 heteroatoms. The molecule has 0 radical (unpaired) electrons. The molecule has 98 valence electrons. The van der Waals surface area contributed by atoms with E-state index < -0.39 is 32.5 Å². The quantitative estimate of drug-likeness (QED) is 0.391. The van der Waals surface area contributed by atoms with Crippen molar-refractivity contribution < 1.29 is 67.4 Å². The van der Waals surface area contributed by atoms with Gasteiger partial charge in [-0.05, 0) is 6.92 Å². The summed E-state index contributed by atoms with van der Waals surface area (Å²) < 4.78 is 13.2. The monoisotopic (exact) mass is 290 g/mol. The number of hydrogen-bond donors (Lipinski definition) is 0. The Labute approximate surface area is 127 Å². The van der Waals surface area contributed by atoms with Gasteiger partial charge in [-0.2, -0.15) is 0 Å². The van der Waals surface area contributed by atoms with Crippen molar-refractivity contribution in [3.05, 3.63) is 0 Å². The smallest absolute Gasteiger partial charge is 0.550 e. The van der Waals surface area contributed by atoms with Crippen LogP contribution in [0.5, 0.6) is 0 Å². The molecule has 0 unspecified atom stereocenters. The minimum absolute atomic E-state index is 0. The second kappa shape index (κ2) is 12.8. The molecule has 0 aromatic heterocycles. The molecule has 0 spiro atoms. The van der Waals surface area contributed by atoms with Gasteiger partial charge in [0.15, 0.2) is 0 Å². The Balaban J connectivity index is -0.000000392. The molecule has 0 bridgehead atoms. The van der Waals surface area contributed by atoms with Crippen molar-refractivity contribution in [2.24, 2.45) is 0 Å². The van der Waals surface area contributed by atoms with E-state index in [0.29, 0.717) is 0 Å². The number of carbonyl (C=O) groups is 4. The van der Waals surface area contributed by atoms with Crippen LogP contribution in [0.15, 0.2) is 0 Å². The van der Waals surface area contributed by atoms with Crippen molar-refractivity contribution >= 4 is 32.5 Å². The van der Waals surface area contributed by atoms with Crippen molar-refractivity contribution in [1.29, 1.82) is 0 Å². The molecule has 0 fully saturated rings. The summed E-state index contributed by atoms with van der Waals surface area (Å²) in [6.45, 7) is 4.31. The molecule has 0 aromatic rings. The summed E-state index contributed by atoms with van der Waals surface area (Å²) in [4.78, 5) is 40.2. The van der Waals surface area contributed by atoms with E-state index in [1.165, 1.54) is 0 Å². The molecule has 0 aromatic carbocycles. The minimum atomic E-state index is -2.23. The number of carboxylic acids is 1. The van der Waals surface area contributed by atoms with Crippen LogP contribution in [0.25, 0.3) is 0 Å². The van der Waals surface area contributed by atoms with Gasteiger partial charge in [0.25, 0.3) is 0 Å². The zero-order valence-electron chi connectivity index (χ0n) is 10.7. The van der Waals surface area contributed by atoms with Gasteiger partial charge >= 0.3 is 56.1 Å². The third-order valence-corrected chi connectivity index (χ3v) is 1.83. The third kappa shape index (κ3) is 24.5. The van der Waals surface area contributed by atoms with Gasteiger partial charge in [0.1, 0.15) is 0 Å². The van der Waals surface area contributed by atoms with Gasteiger partial charge in [0.05, 0.1) is 0 Å². The summed E-state index contributed by atoms with van der Waals surface area (Å²) in [6.07, 6.45) is 0. The van der Waals surface area contributed by atoms with Crippen LogP contribution in [0.4, 0.5) is 0 Å². The molecule has 0 rings (SSSR count). The number of aliphatic carboxylic acids is 1. The molecular weight excluding hydrogens is 278 g/mol. The predicted molar refractivity (Wildman–Crippen MR) is 52.9 cm³/mol. The van der Waals surface area contributed by atoms with E-state index >= 15 is 0 Å². The SMILES string of the molecule is CC(=O)OP(OC(C)=O)OC(C)=O.CC(=O)[O-].[Na+]. The Hall–Kier alpha value is -0.690. The molecule has 0 aliphatic carbocycles. The van der Waals surface area contributed by atoms with Gasteiger partial charge < -0.3 is 23.5 Å². The molecule has 18 heavy (non-hydrogen) atoms. The van der Waals surface area contributed by atoms with E-state index in [2.05, 4.69) is 13.6 Å². The summed E-state index contributed by atoms with van der Waals surface area (Å²) in [5, 5.41) is 8.89. The Bertz CT molecular complexity index is 263. The van der Waals surface area contributed by atoms with E-state index in [9.17, 15) is 14.4 Å². The fourth-order valence-corrected chi connectivity index (χ4v) is 1.11. The molecule has 0 aliphatic heterocycles. The van der Waals surface area contributed by atoms with Crippen LogP contribution in [-0.2, 0) is 32.7 Å². The first-order chi connectivity index (χ1) is 7.65. The molecule has 0 heterocycles. The van der Waals surface area contributed by atoms with Crippen LogP contribution in [-0.4, -0.2) is 23.9 Å². The van der Waals surface area contributed by atoms with Crippen LogP contribution in [0.1, 0.15) is 27.7 Å². The minimum Gasteiger partial charge on any atom is -0.550 e. The average Bonchev–Trinajstić information content (AvgIpc) is 1.96. The Morgan fingerprint density at radius 1 is 0.778 bits per heavy atom. The first kappa shape index (κ1) is 22.5. The van der Waals surface area contributed by atoms with Gasteiger partial charge in [-0.25, -0.2) is 0 Å². The molecule has 0 amide bonds. The Kier molecular flexibility index (Phi) is 15.9. The molecule has 0 N–H and O–H groups in total. The van der Waals surface area contributed by atoms with E-state index in [0.717, 1.165) is 27.7 Å². The predicted octanol–water partition coefficient (Wildman–Crippen LogP) is -3.34. The average molecular weight is 290 g/mol. The second-order valence-corrected chi connectivity index (χ2v) is 3.46. The molecule has 0 aliphatic rings. The number of carboxylic acid groups (broad SMARTS) is 1. The standard InChI is InChI=1S/C6H9O6P.C2H4O2.Na/c1-4(7)10-13(11-5(2)8)12-6(3)9;1-2(3)4;/h1-3H3;1H3,(H,3,4);/q;;+1/p-1. The third-order valence-electron chi connectivity index (χ3n) is 0.609. The maximum absolute atomic E-state index is 10.4. The van der Waals surface area contributed by atoms with Crippen LogP contribution in [0.3, 0.4) is 0 Å². The summed E-state index contributed by atoms with van der Waals surface area (Å²) in [7, 11) is -2.23. The van der Waals surface area contributed by atoms with E-state index in [4.69, 9.17) is 9.90 Å². The number of rotatable bonds is 3. The van der Waals surface area contributed by atoms with E-state index in [1.54, 1.807) is 0 Å². The Morgan fingerprint density at radius 2 is 0.944 bits per heavy atom. The van der Waals surface area contributed by atoms with Crippen molar-refractivity contribution in [3.8, 4) is 0 Å². The van der Waals surface area contributed by atoms with Crippen molar-refractivity contribution in [1.82, 2.24) is 0 Å². The van der Waals surface area contributed by atoms with Crippen LogP contribution >= 0.6 is 8.60 Å². The van der Waals surface area contributed by atoms with Crippen LogP contribution in [0.2, 0.25) is 0 Å². The molecule has 0 atom stereocenters. The van der Waals surface area contributed by atoms with Gasteiger partial charge in [-0.3, -0.25) is 14.4 Å². The van der Waals surface area contributed by atoms with Crippen LogP contribution in [0, 0.1) is 0 Å². The van der Waals surface area contributed by atoms with Crippen molar-refractivity contribution in [2.75, 3.05) is 0 Å². The van der Waals surface area contributed by atoms with E-state index in [-0.39, 0.29) is 29.6 Å². The maximum Gasteiger partial charge on any atom is 1.00 e. The summed E-state index contributed by atoms with van der Waals surface area (Å²) in [6, 6.07) is 0. The second-order valence-electron chi connectivity index (χ2n) is 2.46. The first-order valence-electron chi connectivity index (χ1n) is 4.18. The van der Waals surface area contributed by atoms with Gasteiger partial charge in [-0.15, -0.1) is 0 Å². The first-order valence-corrected chi connectivity index (χ1v) is 5.28. The van der Waals surface area contributed by atoms with Crippen LogP contribution < -0.4 is 34.7 Å². The Morgan fingerprint density at radius 3 is 1.06 bits per heavy atom. The van der Waals surface area contributed by atoms with Crippen molar-refractivity contribution in [2.45, 2.75) is 27.7 Å². The summed E-state index contributed by atoms with van der Waals surface area (Å²) in [5.74, 6) is -3.14. The zero-order valence-corrected chi connectivity index (χ0v) is 13.6. The van der Waals surface area contributed by atoms with E-state index in [1.807, 2.05) is 0 Å². The largest absolute Gasteiger partial charge is 1.00 e. The summed E-state index contributed by atoms with van der Waals surface area (Å²) >= 11 is 0. The van der Waals surface area contributed by atoms with Gasteiger partial charge in [0.2, 0.25) is 0 Å². The summed E-state index contributed by atoms with van der Waals surface area (Å²) in [5.41, 5.74) is 0. The normalized spacial score (nSPS) is 8.06. The molecular formula is C8H12NaO8P. The number of carbonyl (C=O) groups excluding carboxylic acids is 4. The topological polar surface area (TPSA) is 119 Å². The fourth-order valence-electron chi connectivity index (χ4n) is 0.371. The van der Waals surface area contributed by atoms with Gasteiger partial charge in [0, 0.05) is 26.7 Å². The van der Waals surface area contributed by atoms with Gasteiger partial charge in [-0.1, -0.05) is 0 Å². The number of hydrogen-bond acceptors (Lipinski definition) is 8. The molecule has 8 nitrogen and oxygen atoms in total. The fraction of sp³-hybridized carbons (Fsp3) is 0.500. The maximum atomic E-state index is 10.4. The van der Waals surface area contributed by atoms with Crippen molar-refractivity contribution in [3.63, 3.8) is 0 Å². The zero-order chi connectivity index (χ0) is 14.0.